The Kier molecular flexibility index (Phi) is 2.21. The smallest absolute Gasteiger partial charge is 0.161 e. The van der Waals surface area contributed by atoms with E-state index in [9.17, 15) is 0 Å². The van der Waals surface area contributed by atoms with Gasteiger partial charge in [-0.1, -0.05) is 15.9 Å². The highest BCUT2D eigenvalue weighted by Crippen LogP contribution is 2.19. The fraction of sp³-hybridized carbons (Fsp3) is 0.400. The molecule has 0 unspecified atom stereocenters. The van der Waals surface area contributed by atoms with Gasteiger partial charge in [-0.2, -0.15) is 0 Å². The Morgan fingerprint density at radius 1 is 1.47 bits per heavy atom. The number of pyridine rings is 1. The minimum absolute atomic E-state index is 0.702. The normalized spacial score (nSPS) is 16.1. The standard InChI is InChI=1S/C10H11BrN4/c11-7-3-4-15-9(5-7)13-14-10(15)6-12-8-1-2-8/h3-5,8,12H,1-2,6H2. The van der Waals surface area contributed by atoms with E-state index in [0.29, 0.717) is 6.04 Å². The number of nitrogens with zero attached hydrogens (tertiary/aromatic N) is 3. The van der Waals surface area contributed by atoms with Gasteiger partial charge in [0.25, 0.3) is 0 Å². The second kappa shape index (κ2) is 3.57. The molecule has 0 radical (unpaired) electrons. The number of nitrogens with one attached hydrogen (secondary N) is 1. The Morgan fingerprint density at radius 2 is 2.33 bits per heavy atom. The summed E-state index contributed by atoms with van der Waals surface area (Å²) in [4.78, 5) is 0. The lowest BCUT2D eigenvalue weighted by Gasteiger charge is -2.00. The van der Waals surface area contributed by atoms with Gasteiger partial charge in [0.05, 0.1) is 6.54 Å². The summed E-state index contributed by atoms with van der Waals surface area (Å²) in [6.07, 6.45) is 4.58. The number of hydrogen-bond donors (Lipinski definition) is 1. The molecule has 0 aromatic carbocycles. The maximum absolute atomic E-state index is 4.17. The fourth-order valence-electron chi connectivity index (χ4n) is 1.56. The van der Waals surface area contributed by atoms with Crippen molar-refractivity contribution < 1.29 is 0 Å². The summed E-state index contributed by atoms with van der Waals surface area (Å²) in [5.74, 6) is 0.976. The monoisotopic (exact) mass is 266 g/mol. The summed E-state index contributed by atoms with van der Waals surface area (Å²) in [6.45, 7) is 0.799. The minimum Gasteiger partial charge on any atom is -0.307 e. The Labute approximate surface area is 95.8 Å². The lowest BCUT2D eigenvalue weighted by atomic mass is 10.4. The maximum Gasteiger partial charge on any atom is 0.161 e. The van der Waals surface area contributed by atoms with E-state index in [-0.39, 0.29) is 0 Å². The highest BCUT2D eigenvalue weighted by molar-refractivity contribution is 9.10. The number of hydrogen-bond acceptors (Lipinski definition) is 3. The van der Waals surface area contributed by atoms with Gasteiger partial charge in [0.2, 0.25) is 0 Å². The Morgan fingerprint density at radius 3 is 3.13 bits per heavy atom. The van der Waals surface area contributed by atoms with Crippen molar-refractivity contribution in [3.63, 3.8) is 0 Å². The Balaban J connectivity index is 1.89. The summed E-state index contributed by atoms with van der Waals surface area (Å²) in [6, 6.07) is 4.66. The van der Waals surface area contributed by atoms with Crippen LogP contribution >= 0.6 is 15.9 Å². The van der Waals surface area contributed by atoms with Gasteiger partial charge in [-0.25, -0.2) is 0 Å². The number of aromatic nitrogens is 3. The molecule has 1 aliphatic carbocycles. The highest BCUT2D eigenvalue weighted by Gasteiger charge is 2.20. The fourth-order valence-corrected chi connectivity index (χ4v) is 1.88. The van der Waals surface area contributed by atoms with Crippen LogP contribution in [-0.2, 0) is 6.54 Å². The van der Waals surface area contributed by atoms with Crippen LogP contribution in [0.2, 0.25) is 0 Å². The first kappa shape index (κ1) is 9.30. The molecule has 0 bridgehead atoms. The van der Waals surface area contributed by atoms with Gasteiger partial charge in [0.1, 0.15) is 0 Å². The maximum atomic E-state index is 4.17. The van der Waals surface area contributed by atoms with Crippen molar-refractivity contribution in [1.82, 2.24) is 19.9 Å². The average molecular weight is 267 g/mol. The molecule has 0 amide bonds. The second-order valence-electron chi connectivity index (χ2n) is 3.84. The predicted molar refractivity (Wildman–Crippen MR) is 60.5 cm³/mol. The molecule has 0 saturated heterocycles. The molecule has 3 rings (SSSR count). The van der Waals surface area contributed by atoms with Crippen molar-refractivity contribution in [2.24, 2.45) is 0 Å². The zero-order valence-electron chi connectivity index (χ0n) is 8.15. The molecular weight excluding hydrogens is 256 g/mol. The van der Waals surface area contributed by atoms with Crippen molar-refractivity contribution in [1.29, 1.82) is 0 Å². The number of fused-ring (bicyclic) bond motifs is 1. The molecule has 0 spiro atoms. The highest BCUT2D eigenvalue weighted by atomic mass is 79.9. The zero-order chi connectivity index (χ0) is 10.3. The van der Waals surface area contributed by atoms with Crippen LogP contribution in [0.5, 0.6) is 0 Å². The summed E-state index contributed by atoms with van der Waals surface area (Å²) in [5, 5.41) is 11.7. The molecule has 0 atom stereocenters. The number of halogens is 1. The van der Waals surface area contributed by atoms with E-state index in [0.717, 1.165) is 22.5 Å². The zero-order valence-corrected chi connectivity index (χ0v) is 9.74. The lowest BCUT2D eigenvalue weighted by Crippen LogP contribution is -2.17. The van der Waals surface area contributed by atoms with Crippen molar-refractivity contribution in [3.8, 4) is 0 Å². The third-order valence-electron chi connectivity index (χ3n) is 2.57. The number of rotatable bonds is 3. The SMILES string of the molecule is Brc1ccn2c(CNC3CC3)nnc2c1. The summed E-state index contributed by atoms with van der Waals surface area (Å²) >= 11 is 3.42. The molecule has 2 aromatic heterocycles. The molecule has 1 fully saturated rings. The quantitative estimate of drug-likeness (QED) is 0.921. The second-order valence-corrected chi connectivity index (χ2v) is 4.76. The average Bonchev–Trinajstić information content (AvgIpc) is 2.97. The Hall–Kier alpha value is -0.940. The van der Waals surface area contributed by atoms with Crippen molar-refractivity contribution in [2.75, 3.05) is 0 Å². The van der Waals surface area contributed by atoms with E-state index in [1.165, 1.54) is 12.8 Å². The van der Waals surface area contributed by atoms with Crippen LogP contribution in [0.15, 0.2) is 22.8 Å². The first-order valence-electron chi connectivity index (χ1n) is 5.05. The summed E-state index contributed by atoms with van der Waals surface area (Å²) < 4.78 is 3.05. The molecule has 4 nitrogen and oxygen atoms in total. The summed E-state index contributed by atoms with van der Waals surface area (Å²) in [5.41, 5.74) is 0.886. The molecule has 15 heavy (non-hydrogen) atoms. The molecule has 1 aliphatic rings. The van der Waals surface area contributed by atoms with Crippen molar-refractivity contribution in [3.05, 3.63) is 28.6 Å². The van der Waals surface area contributed by atoms with Crippen LogP contribution in [-0.4, -0.2) is 20.6 Å². The van der Waals surface area contributed by atoms with Gasteiger partial charge < -0.3 is 5.32 Å². The largest absolute Gasteiger partial charge is 0.307 e. The van der Waals surface area contributed by atoms with Crippen LogP contribution < -0.4 is 5.32 Å². The van der Waals surface area contributed by atoms with E-state index in [4.69, 9.17) is 0 Å². The molecular formula is C10H11BrN4. The van der Waals surface area contributed by atoms with E-state index in [2.05, 4.69) is 31.4 Å². The first-order chi connectivity index (χ1) is 7.33. The van der Waals surface area contributed by atoms with Gasteiger partial charge in [-0.15, -0.1) is 10.2 Å². The third kappa shape index (κ3) is 1.89. The lowest BCUT2D eigenvalue weighted by molar-refractivity contribution is 0.652. The summed E-state index contributed by atoms with van der Waals surface area (Å²) in [7, 11) is 0. The minimum atomic E-state index is 0.702. The van der Waals surface area contributed by atoms with Crippen molar-refractivity contribution in [2.45, 2.75) is 25.4 Å². The van der Waals surface area contributed by atoms with Gasteiger partial charge in [0.15, 0.2) is 11.5 Å². The van der Waals surface area contributed by atoms with Crippen LogP contribution in [0.3, 0.4) is 0 Å². The van der Waals surface area contributed by atoms with E-state index in [1.807, 2.05) is 22.7 Å². The van der Waals surface area contributed by atoms with Gasteiger partial charge in [0, 0.05) is 16.7 Å². The van der Waals surface area contributed by atoms with E-state index >= 15 is 0 Å². The molecule has 1 N–H and O–H groups in total. The first-order valence-corrected chi connectivity index (χ1v) is 5.85. The van der Waals surface area contributed by atoms with Gasteiger partial charge in [-0.3, -0.25) is 4.40 Å². The topological polar surface area (TPSA) is 42.2 Å². The molecule has 78 valence electrons. The van der Waals surface area contributed by atoms with Crippen LogP contribution in [0.4, 0.5) is 0 Å². The predicted octanol–water partition coefficient (Wildman–Crippen LogP) is 1.74. The van der Waals surface area contributed by atoms with Gasteiger partial charge in [-0.05, 0) is 25.0 Å². The van der Waals surface area contributed by atoms with E-state index in [1.54, 1.807) is 0 Å². The van der Waals surface area contributed by atoms with Gasteiger partial charge >= 0.3 is 0 Å². The molecule has 0 aliphatic heterocycles. The van der Waals surface area contributed by atoms with Crippen LogP contribution in [0.1, 0.15) is 18.7 Å². The molecule has 2 aromatic rings. The van der Waals surface area contributed by atoms with Crippen LogP contribution in [0.25, 0.3) is 5.65 Å². The van der Waals surface area contributed by atoms with Crippen molar-refractivity contribution >= 4 is 21.6 Å². The Bertz CT molecular complexity index is 489. The van der Waals surface area contributed by atoms with Crippen LogP contribution in [0, 0.1) is 0 Å². The molecule has 2 heterocycles. The third-order valence-corrected chi connectivity index (χ3v) is 3.06. The van der Waals surface area contributed by atoms with E-state index < -0.39 is 0 Å². The molecule has 1 saturated carbocycles. The molecule has 5 heteroatoms.